The maximum atomic E-state index is 9.26. The Balaban J connectivity index is 3.00. The Morgan fingerprint density at radius 3 is 2.69 bits per heavy atom. The molecule has 4 heteroatoms. The summed E-state index contributed by atoms with van der Waals surface area (Å²) in [5.74, 6) is 0. The minimum absolute atomic E-state index is 0.499. The zero-order valence-electron chi connectivity index (χ0n) is 7.90. The molecule has 0 spiro atoms. The average Bonchev–Trinajstić information content (AvgIpc) is 2.52. The maximum absolute atomic E-state index is 9.26. The summed E-state index contributed by atoms with van der Waals surface area (Å²) >= 11 is 1.39. The summed E-state index contributed by atoms with van der Waals surface area (Å²) < 4.78 is 0. The first-order valence-corrected chi connectivity index (χ1v) is 4.84. The summed E-state index contributed by atoms with van der Waals surface area (Å²) in [5.41, 5.74) is -0.558. The molecule has 0 radical (unpaired) electrons. The third-order valence-electron chi connectivity index (χ3n) is 1.75. The van der Waals surface area contributed by atoms with Crippen molar-refractivity contribution >= 4 is 11.3 Å². The summed E-state index contributed by atoms with van der Waals surface area (Å²) in [5, 5.41) is 18.9. The smallest absolute Gasteiger partial charge is 0.113 e. The van der Waals surface area contributed by atoms with Crippen molar-refractivity contribution in [1.29, 1.82) is 5.26 Å². The molecule has 1 heterocycles. The van der Waals surface area contributed by atoms with Gasteiger partial charge in [0.15, 0.2) is 0 Å². The van der Waals surface area contributed by atoms with E-state index in [2.05, 4.69) is 11.1 Å². The molecule has 13 heavy (non-hydrogen) atoms. The Morgan fingerprint density at radius 2 is 2.31 bits per heavy atom. The summed E-state index contributed by atoms with van der Waals surface area (Å²) in [4.78, 5) is 4.92. The molecule has 0 saturated carbocycles. The second-order valence-electron chi connectivity index (χ2n) is 3.48. The molecule has 1 atom stereocenters. The van der Waals surface area contributed by atoms with Crippen LogP contribution in [-0.2, 0) is 5.41 Å². The van der Waals surface area contributed by atoms with Gasteiger partial charge in [-0.1, -0.05) is 0 Å². The van der Waals surface area contributed by atoms with Crippen LogP contribution in [0.1, 0.15) is 36.8 Å². The second kappa shape index (κ2) is 3.44. The summed E-state index contributed by atoms with van der Waals surface area (Å²) in [6.45, 7) is 5.33. The van der Waals surface area contributed by atoms with Gasteiger partial charge in [-0.3, -0.25) is 0 Å². The van der Waals surface area contributed by atoms with E-state index >= 15 is 0 Å². The highest BCUT2D eigenvalue weighted by molar-refractivity contribution is 7.11. The fraction of sp³-hybridized carbons (Fsp3) is 0.556. The lowest BCUT2D eigenvalue weighted by molar-refractivity contribution is 0.203. The molecule has 1 unspecified atom stereocenters. The van der Waals surface area contributed by atoms with E-state index in [0.717, 1.165) is 9.88 Å². The lowest BCUT2D eigenvalue weighted by Crippen LogP contribution is -2.12. The number of aliphatic hydroxyl groups is 1. The van der Waals surface area contributed by atoms with Crippen LogP contribution >= 0.6 is 11.3 Å². The molecular formula is C9H12N2OS. The van der Waals surface area contributed by atoms with Crippen molar-refractivity contribution in [2.45, 2.75) is 32.3 Å². The second-order valence-corrected chi connectivity index (χ2v) is 4.54. The third kappa shape index (κ3) is 2.06. The number of nitrogens with zero attached hydrogens (tertiary/aromatic N) is 2. The van der Waals surface area contributed by atoms with E-state index in [1.54, 1.807) is 13.1 Å². The molecule has 70 valence electrons. The summed E-state index contributed by atoms with van der Waals surface area (Å²) in [6, 6.07) is 2.18. The van der Waals surface area contributed by atoms with Gasteiger partial charge in [0.2, 0.25) is 0 Å². The Hall–Kier alpha value is -0.920. The van der Waals surface area contributed by atoms with Gasteiger partial charge in [0, 0.05) is 6.20 Å². The molecule has 1 aromatic heterocycles. The van der Waals surface area contributed by atoms with Crippen LogP contribution in [0.15, 0.2) is 6.20 Å². The van der Waals surface area contributed by atoms with Gasteiger partial charge in [-0.05, 0) is 20.8 Å². The van der Waals surface area contributed by atoms with Crippen LogP contribution < -0.4 is 0 Å². The Bertz CT molecular complexity index is 336. The quantitative estimate of drug-likeness (QED) is 0.787. The molecule has 0 fully saturated rings. The molecule has 1 N–H and O–H groups in total. The van der Waals surface area contributed by atoms with E-state index in [4.69, 9.17) is 5.26 Å². The molecule has 0 saturated heterocycles. The fourth-order valence-electron chi connectivity index (χ4n) is 0.817. The first kappa shape index (κ1) is 10.2. The van der Waals surface area contributed by atoms with Gasteiger partial charge in [-0.2, -0.15) is 5.26 Å². The molecule has 0 aliphatic heterocycles. The first-order chi connectivity index (χ1) is 5.97. The van der Waals surface area contributed by atoms with E-state index in [9.17, 15) is 5.11 Å². The Kier molecular flexibility index (Phi) is 2.69. The van der Waals surface area contributed by atoms with Gasteiger partial charge in [0.05, 0.1) is 17.1 Å². The summed E-state index contributed by atoms with van der Waals surface area (Å²) in [6.07, 6.45) is 1.13. The van der Waals surface area contributed by atoms with Crippen LogP contribution in [-0.4, -0.2) is 10.1 Å². The van der Waals surface area contributed by atoms with E-state index in [1.165, 1.54) is 11.3 Å². The minimum Gasteiger partial charge on any atom is -0.388 e. The third-order valence-corrected chi connectivity index (χ3v) is 3.24. The molecule has 0 aliphatic rings. The standard InChI is InChI=1S/C9H12N2OS/c1-6(12)7-4-11-8(13-7)9(2,3)5-10/h4,6,12H,1-3H3. The van der Waals surface area contributed by atoms with E-state index < -0.39 is 11.5 Å². The monoisotopic (exact) mass is 196 g/mol. The number of hydrogen-bond acceptors (Lipinski definition) is 4. The number of rotatable bonds is 2. The van der Waals surface area contributed by atoms with Crippen LogP contribution in [0.25, 0.3) is 0 Å². The topological polar surface area (TPSA) is 56.9 Å². The largest absolute Gasteiger partial charge is 0.388 e. The molecule has 1 rings (SSSR count). The normalized spacial score (nSPS) is 13.8. The molecule has 0 aliphatic carbocycles. The Morgan fingerprint density at radius 1 is 1.69 bits per heavy atom. The van der Waals surface area contributed by atoms with Crippen LogP contribution in [0.5, 0.6) is 0 Å². The SMILES string of the molecule is CC(O)c1cnc(C(C)(C)C#N)s1. The minimum atomic E-state index is -0.558. The predicted molar refractivity (Wildman–Crippen MR) is 51.4 cm³/mol. The number of thiazole rings is 1. The highest BCUT2D eigenvalue weighted by atomic mass is 32.1. The van der Waals surface area contributed by atoms with Crippen LogP contribution in [0.2, 0.25) is 0 Å². The van der Waals surface area contributed by atoms with Crippen molar-refractivity contribution in [2.24, 2.45) is 0 Å². The lowest BCUT2D eigenvalue weighted by atomic mass is 9.97. The van der Waals surface area contributed by atoms with Gasteiger partial charge >= 0.3 is 0 Å². The Labute approximate surface area is 81.7 Å². The zero-order chi connectivity index (χ0) is 10.1. The van der Waals surface area contributed by atoms with Gasteiger partial charge in [-0.25, -0.2) is 4.98 Å². The van der Waals surface area contributed by atoms with Gasteiger partial charge < -0.3 is 5.11 Å². The average molecular weight is 196 g/mol. The van der Waals surface area contributed by atoms with Gasteiger partial charge in [0.1, 0.15) is 10.4 Å². The van der Waals surface area contributed by atoms with Gasteiger partial charge in [0.25, 0.3) is 0 Å². The molecular weight excluding hydrogens is 184 g/mol. The molecule has 1 aromatic rings. The zero-order valence-corrected chi connectivity index (χ0v) is 8.72. The van der Waals surface area contributed by atoms with Crippen molar-refractivity contribution in [2.75, 3.05) is 0 Å². The van der Waals surface area contributed by atoms with E-state index in [1.807, 2.05) is 13.8 Å². The van der Waals surface area contributed by atoms with Crippen LogP contribution in [0.3, 0.4) is 0 Å². The molecule has 0 aromatic carbocycles. The van der Waals surface area contributed by atoms with Crippen molar-refractivity contribution in [3.8, 4) is 6.07 Å². The van der Waals surface area contributed by atoms with Crippen molar-refractivity contribution in [3.05, 3.63) is 16.1 Å². The number of aromatic nitrogens is 1. The van der Waals surface area contributed by atoms with E-state index in [-0.39, 0.29) is 0 Å². The highest BCUT2D eigenvalue weighted by Gasteiger charge is 2.24. The number of hydrogen-bond donors (Lipinski definition) is 1. The van der Waals surface area contributed by atoms with Crippen molar-refractivity contribution < 1.29 is 5.11 Å². The lowest BCUT2D eigenvalue weighted by Gasteiger charge is -2.09. The number of nitriles is 1. The van der Waals surface area contributed by atoms with Crippen molar-refractivity contribution in [1.82, 2.24) is 4.98 Å². The van der Waals surface area contributed by atoms with Crippen LogP contribution in [0.4, 0.5) is 0 Å². The summed E-state index contributed by atoms with van der Waals surface area (Å²) in [7, 11) is 0. The first-order valence-electron chi connectivity index (χ1n) is 4.03. The maximum Gasteiger partial charge on any atom is 0.113 e. The predicted octanol–water partition coefficient (Wildman–Crippen LogP) is 2.00. The molecule has 0 bridgehead atoms. The fourth-order valence-corrected chi connectivity index (χ4v) is 1.72. The van der Waals surface area contributed by atoms with Crippen LogP contribution in [0, 0.1) is 11.3 Å². The van der Waals surface area contributed by atoms with E-state index in [0.29, 0.717) is 0 Å². The molecule has 3 nitrogen and oxygen atoms in total. The number of aliphatic hydroxyl groups excluding tert-OH is 1. The molecule has 0 amide bonds. The van der Waals surface area contributed by atoms with Gasteiger partial charge in [-0.15, -0.1) is 11.3 Å². The highest BCUT2D eigenvalue weighted by Crippen LogP contribution is 2.29. The van der Waals surface area contributed by atoms with Crippen molar-refractivity contribution in [3.63, 3.8) is 0 Å².